The summed E-state index contributed by atoms with van der Waals surface area (Å²) in [6.07, 6.45) is 6.04. The maximum absolute atomic E-state index is 13.5. The number of carbonyl (C=O) groups is 2. The molecule has 0 spiro atoms. The van der Waals surface area contributed by atoms with E-state index in [1.807, 2.05) is 35.2 Å². The van der Waals surface area contributed by atoms with Crippen LogP contribution < -0.4 is 0 Å². The van der Waals surface area contributed by atoms with E-state index in [-0.39, 0.29) is 24.3 Å². The smallest absolute Gasteiger partial charge is 0.242 e. The third-order valence-electron chi connectivity index (χ3n) is 6.24. The molecule has 1 heterocycles. The molecule has 174 valence electrons. The summed E-state index contributed by atoms with van der Waals surface area (Å²) in [4.78, 5) is 31.7. The molecule has 0 atom stereocenters. The Labute approximate surface area is 196 Å². The largest absolute Gasteiger partial charge is 0.385 e. The molecule has 1 aliphatic rings. The number of methoxy groups -OCH3 is 1. The van der Waals surface area contributed by atoms with E-state index in [0.29, 0.717) is 26.2 Å². The van der Waals surface area contributed by atoms with Gasteiger partial charge in [-0.05, 0) is 48.8 Å². The maximum atomic E-state index is 13.5. The third-order valence-corrected chi connectivity index (χ3v) is 7.25. The maximum Gasteiger partial charge on any atom is 0.242 e. The van der Waals surface area contributed by atoms with Crippen LogP contribution in [-0.4, -0.2) is 48.4 Å². The van der Waals surface area contributed by atoms with Gasteiger partial charge in [0.05, 0.1) is 13.1 Å². The van der Waals surface area contributed by atoms with Gasteiger partial charge in [0.25, 0.3) is 0 Å². The second-order valence-electron chi connectivity index (χ2n) is 8.70. The molecule has 5 nitrogen and oxygen atoms in total. The Morgan fingerprint density at radius 1 is 1.03 bits per heavy atom. The predicted molar refractivity (Wildman–Crippen MR) is 129 cm³/mol. The molecule has 0 radical (unpaired) electrons. The van der Waals surface area contributed by atoms with Gasteiger partial charge in [-0.3, -0.25) is 9.59 Å². The molecule has 1 saturated carbocycles. The zero-order chi connectivity index (χ0) is 22.8. The Kier molecular flexibility index (Phi) is 9.75. The number of nitrogens with zero attached hydrogens (tertiary/aromatic N) is 2. The van der Waals surface area contributed by atoms with E-state index in [9.17, 15) is 9.59 Å². The number of ether oxygens (including phenoxy) is 1. The highest BCUT2D eigenvalue weighted by molar-refractivity contribution is 7.10. The minimum absolute atomic E-state index is 0.00299. The summed E-state index contributed by atoms with van der Waals surface area (Å²) in [6.45, 7) is 4.48. The first-order valence-corrected chi connectivity index (χ1v) is 12.6. The first-order valence-electron chi connectivity index (χ1n) is 11.7. The molecule has 1 fully saturated rings. The van der Waals surface area contributed by atoms with Gasteiger partial charge in [0.2, 0.25) is 11.8 Å². The van der Waals surface area contributed by atoms with Crippen molar-refractivity contribution >= 4 is 23.2 Å². The van der Waals surface area contributed by atoms with Gasteiger partial charge in [-0.25, -0.2) is 0 Å². The lowest BCUT2D eigenvalue weighted by molar-refractivity contribution is -0.144. The van der Waals surface area contributed by atoms with Gasteiger partial charge in [0.1, 0.15) is 0 Å². The van der Waals surface area contributed by atoms with E-state index >= 15 is 0 Å². The summed E-state index contributed by atoms with van der Waals surface area (Å²) in [5.41, 5.74) is 2.30. The van der Waals surface area contributed by atoms with Crippen LogP contribution in [0.2, 0.25) is 0 Å². The molecular formula is C26H36N2O3S. The quantitative estimate of drug-likeness (QED) is 0.446. The van der Waals surface area contributed by atoms with Gasteiger partial charge in [0, 0.05) is 37.6 Å². The molecule has 0 N–H and O–H groups in total. The minimum Gasteiger partial charge on any atom is -0.385 e. The second kappa shape index (κ2) is 12.8. The van der Waals surface area contributed by atoms with E-state index in [4.69, 9.17) is 4.74 Å². The zero-order valence-electron chi connectivity index (χ0n) is 19.4. The van der Waals surface area contributed by atoms with Crippen molar-refractivity contribution in [3.63, 3.8) is 0 Å². The molecule has 3 rings (SSSR count). The van der Waals surface area contributed by atoms with E-state index in [1.54, 1.807) is 23.3 Å². The Morgan fingerprint density at radius 2 is 1.78 bits per heavy atom. The molecule has 0 saturated heterocycles. The monoisotopic (exact) mass is 456 g/mol. The van der Waals surface area contributed by atoms with Gasteiger partial charge in [0.15, 0.2) is 0 Å². The summed E-state index contributed by atoms with van der Waals surface area (Å²) < 4.78 is 5.20. The van der Waals surface area contributed by atoms with Gasteiger partial charge in [-0.15, -0.1) is 11.3 Å². The molecule has 2 amide bonds. The van der Waals surface area contributed by atoms with Crippen LogP contribution in [0.3, 0.4) is 0 Å². The van der Waals surface area contributed by atoms with E-state index < -0.39 is 0 Å². The van der Waals surface area contributed by atoms with Crippen LogP contribution in [0.4, 0.5) is 0 Å². The standard InChI is InChI=1S/C26H36N2O3S/c1-21-14-17-32-24(21)19-28(18-22-10-5-3-6-11-22)25(29)20-27(15-9-16-31-2)26(30)23-12-7-4-8-13-23/h3,5-6,10-11,14,17,23H,4,7-9,12-13,15-16,18-20H2,1-2H3. The van der Waals surface area contributed by atoms with Gasteiger partial charge in [-0.2, -0.15) is 0 Å². The normalized spacial score (nSPS) is 14.3. The summed E-state index contributed by atoms with van der Waals surface area (Å²) >= 11 is 1.68. The molecule has 1 aromatic carbocycles. The lowest BCUT2D eigenvalue weighted by Gasteiger charge is -2.31. The molecule has 0 bridgehead atoms. The van der Waals surface area contributed by atoms with Crippen molar-refractivity contribution < 1.29 is 14.3 Å². The number of amides is 2. The summed E-state index contributed by atoms with van der Waals surface area (Å²) in [5.74, 6) is 0.200. The number of aryl methyl sites for hydroxylation is 1. The van der Waals surface area contributed by atoms with Gasteiger partial charge in [-0.1, -0.05) is 49.6 Å². The number of thiophene rings is 1. The van der Waals surface area contributed by atoms with Crippen molar-refractivity contribution in [1.29, 1.82) is 0 Å². The highest BCUT2D eigenvalue weighted by Gasteiger charge is 2.28. The molecule has 32 heavy (non-hydrogen) atoms. The van der Waals surface area contributed by atoms with Crippen LogP contribution in [0.1, 0.15) is 54.5 Å². The summed E-state index contributed by atoms with van der Waals surface area (Å²) in [6, 6.07) is 12.2. The number of hydrogen-bond donors (Lipinski definition) is 0. The van der Waals surface area contributed by atoms with Crippen molar-refractivity contribution in [3.05, 3.63) is 57.8 Å². The molecule has 0 aliphatic heterocycles. The van der Waals surface area contributed by atoms with Crippen molar-refractivity contribution in [2.24, 2.45) is 5.92 Å². The Hall–Kier alpha value is -2.18. The third kappa shape index (κ3) is 7.17. The molecule has 6 heteroatoms. The van der Waals surface area contributed by atoms with E-state index in [0.717, 1.165) is 37.7 Å². The molecule has 1 aliphatic carbocycles. The van der Waals surface area contributed by atoms with Gasteiger partial charge >= 0.3 is 0 Å². The predicted octanol–water partition coefficient (Wildman–Crippen LogP) is 5.03. The Morgan fingerprint density at radius 3 is 2.44 bits per heavy atom. The van der Waals surface area contributed by atoms with Crippen molar-refractivity contribution in [2.75, 3.05) is 26.8 Å². The number of rotatable bonds is 11. The highest BCUT2D eigenvalue weighted by Crippen LogP contribution is 2.26. The first kappa shape index (κ1) is 24.5. The number of carbonyl (C=O) groups excluding carboxylic acids is 2. The zero-order valence-corrected chi connectivity index (χ0v) is 20.2. The lowest BCUT2D eigenvalue weighted by Crippen LogP contribution is -2.45. The van der Waals surface area contributed by atoms with Crippen LogP contribution in [0.5, 0.6) is 0 Å². The molecule has 1 aromatic heterocycles. The van der Waals surface area contributed by atoms with Crippen LogP contribution in [-0.2, 0) is 27.4 Å². The van der Waals surface area contributed by atoms with Crippen molar-refractivity contribution in [3.8, 4) is 0 Å². The Balaban J connectivity index is 1.74. The van der Waals surface area contributed by atoms with Crippen LogP contribution in [0, 0.1) is 12.8 Å². The average molecular weight is 457 g/mol. The van der Waals surface area contributed by atoms with Crippen molar-refractivity contribution in [2.45, 2.75) is 58.5 Å². The number of hydrogen-bond acceptors (Lipinski definition) is 4. The number of benzene rings is 1. The fraction of sp³-hybridized carbons (Fsp3) is 0.538. The molecule has 2 aromatic rings. The van der Waals surface area contributed by atoms with E-state index in [1.165, 1.54) is 16.9 Å². The van der Waals surface area contributed by atoms with Crippen LogP contribution in [0.25, 0.3) is 0 Å². The first-order chi connectivity index (χ1) is 15.6. The summed E-state index contributed by atoms with van der Waals surface area (Å²) in [5, 5.41) is 2.07. The van der Waals surface area contributed by atoms with E-state index in [2.05, 4.69) is 18.4 Å². The minimum atomic E-state index is 0.00299. The fourth-order valence-electron chi connectivity index (χ4n) is 4.31. The average Bonchev–Trinajstić information content (AvgIpc) is 3.23. The van der Waals surface area contributed by atoms with Crippen LogP contribution in [0.15, 0.2) is 41.8 Å². The summed E-state index contributed by atoms with van der Waals surface area (Å²) in [7, 11) is 1.67. The Bertz CT molecular complexity index is 846. The molecule has 0 unspecified atom stereocenters. The van der Waals surface area contributed by atoms with Crippen molar-refractivity contribution in [1.82, 2.24) is 9.80 Å². The molecular weight excluding hydrogens is 420 g/mol. The fourth-order valence-corrected chi connectivity index (χ4v) is 5.23. The highest BCUT2D eigenvalue weighted by atomic mass is 32.1. The lowest BCUT2D eigenvalue weighted by atomic mass is 9.88. The SMILES string of the molecule is COCCCN(CC(=O)N(Cc1ccccc1)Cc1sccc1C)C(=O)C1CCCCC1. The second-order valence-corrected chi connectivity index (χ2v) is 9.70. The topological polar surface area (TPSA) is 49.9 Å². The van der Waals surface area contributed by atoms with Crippen LogP contribution >= 0.6 is 11.3 Å². The van der Waals surface area contributed by atoms with Gasteiger partial charge < -0.3 is 14.5 Å².